The van der Waals surface area contributed by atoms with Gasteiger partial charge in [0.2, 0.25) is 0 Å². The van der Waals surface area contributed by atoms with Gasteiger partial charge in [-0.05, 0) is 30.5 Å². The minimum absolute atomic E-state index is 0.229. The quantitative estimate of drug-likeness (QED) is 0.795. The molecule has 0 atom stereocenters. The van der Waals surface area contributed by atoms with Crippen LogP contribution in [0.25, 0.3) is 0 Å². The van der Waals surface area contributed by atoms with Gasteiger partial charge in [0.25, 0.3) is 0 Å². The van der Waals surface area contributed by atoms with Gasteiger partial charge in [-0.25, -0.2) is 0 Å². The lowest BCUT2D eigenvalue weighted by molar-refractivity contribution is -0.123. The Morgan fingerprint density at radius 1 is 0.957 bits per heavy atom. The SMILES string of the molecule is CC1(C)CCC(N(Cc2ccccc2)c2ccccc2)=CC1=O. The number of rotatable bonds is 4. The first-order valence-electron chi connectivity index (χ1n) is 8.18. The number of ketones is 1. The van der Waals surface area contributed by atoms with Gasteiger partial charge in [0.15, 0.2) is 5.78 Å². The molecule has 0 spiro atoms. The van der Waals surface area contributed by atoms with Gasteiger partial charge in [0.1, 0.15) is 0 Å². The average Bonchev–Trinajstić information content (AvgIpc) is 2.57. The number of allylic oxidation sites excluding steroid dienone is 2. The Morgan fingerprint density at radius 3 is 2.17 bits per heavy atom. The Hall–Kier alpha value is -2.35. The van der Waals surface area contributed by atoms with E-state index in [1.807, 2.05) is 44.2 Å². The van der Waals surface area contributed by atoms with Crippen molar-refractivity contribution >= 4 is 11.5 Å². The molecule has 1 aliphatic carbocycles. The molecular formula is C21H23NO. The summed E-state index contributed by atoms with van der Waals surface area (Å²) >= 11 is 0. The van der Waals surface area contributed by atoms with Crippen molar-refractivity contribution in [2.24, 2.45) is 5.41 Å². The van der Waals surface area contributed by atoms with Gasteiger partial charge in [-0.15, -0.1) is 0 Å². The smallest absolute Gasteiger partial charge is 0.163 e. The number of carbonyl (C=O) groups excluding carboxylic acids is 1. The van der Waals surface area contributed by atoms with Gasteiger partial charge < -0.3 is 4.90 Å². The molecule has 0 N–H and O–H groups in total. The number of benzene rings is 2. The van der Waals surface area contributed by atoms with E-state index in [1.54, 1.807) is 0 Å². The lowest BCUT2D eigenvalue weighted by atomic mass is 9.78. The van der Waals surface area contributed by atoms with E-state index in [2.05, 4.69) is 41.3 Å². The summed E-state index contributed by atoms with van der Waals surface area (Å²) in [6.07, 6.45) is 3.68. The molecule has 23 heavy (non-hydrogen) atoms. The summed E-state index contributed by atoms with van der Waals surface area (Å²) in [5.74, 6) is 0.229. The van der Waals surface area contributed by atoms with Crippen LogP contribution in [0.1, 0.15) is 32.3 Å². The Morgan fingerprint density at radius 2 is 1.57 bits per heavy atom. The number of carbonyl (C=O) groups is 1. The molecule has 0 unspecified atom stereocenters. The zero-order valence-corrected chi connectivity index (χ0v) is 13.8. The molecule has 0 saturated carbocycles. The molecule has 0 amide bonds. The maximum absolute atomic E-state index is 12.4. The first-order chi connectivity index (χ1) is 11.1. The first-order valence-corrected chi connectivity index (χ1v) is 8.18. The molecule has 2 aromatic carbocycles. The van der Waals surface area contributed by atoms with Crippen LogP contribution in [0.15, 0.2) is 72.4 Å². The van der Waals surface area contributed by atoms with Crippen molar-refractivity contribution in [3.05, 3.63) is 78.0 Å². The normalized spacial score (nSPS) is 16.8. The highest BCUT2D eigenvalue weighted by Crippen LogP contribution is 2.35. The second-order valence-electron chi connectivity index (χ2n) is 6.79. The van der Waals surface area contributed by atoms with Crippen molar-refractivity contribution in [1.82, 2.24) is 0 Å². The fraction of sp³-hybridized carbons (Fsp3) is 0.286. The molecule has 118 valence electrons. The third kappa shape index (κ3) is 3.53. The zero-order valence-electron chi connectivity index (χ0n) is 13.8. The zero-order chi connectivity index (χ0) is 16.3. The van der Waals surface area contributed by atoms with Crippen LogP contribution in [0.4, 0.5) is 5.69 Å². The molecule has 0 saturated heterocycles. The predicted octanol–water partition coefficient (Wildman–Crippen LogP) is 4.97. The van der Waals surface area contributed by atoms with Crippen LogP contribution >= 0.6 is 0 Å². The topological polar surface area (TPSA) is 20.3 Å². The van der Waals surface area contributed by atoms with Gasteiger partial charge in [0.05, 0.1) is 0 Å². The monoisotopic (exact) mass is 305 g/mol. The molecule has 0 radical (unpaired) electrons. The second-order valence-corrected chi connectivity index (χ2v) is 6.79. The molecule has 0 fully saturated rings. The van der Waals surface area contributed by atoms with Crippen molar-refractivity contribution in [1.29, 1.82) is 0 Å². The van der Waals surface area contributed by atoms with E-state index in [0.29, 0.717) is 0 Å². The summed E-state index contributed by atoms with van der Waals surface area (Å²) < 4.78 is 0. The molecule has 0 aliphatic heterocycles. The van der Waals surface area contributed by atoms with E-state index < -0.39 is 0 Å². The van der Waals surface area contributed by atoms with Gasteiger partial charge in [-0.3, -0.25) is 4.79 Å². The van der Waals surface area contributed by atoms with Crippen LogP contribution in [-0.4, -0.2) is 5.78 Å². The first kappa shape index (κ1) is 15.5. The van der Waals surface area contributed by atoms with E-state index in [0.717, 1.165) is 30.8 Å². The third-order valence-corrected chi connectivity index (χ3v) is 4.57. The van der Waals surface area contributed by atoms with Crippen LogP contribution in [0, 0.1) is 5.41 Å². The largest absolute Gasteiger partial charge is 0.341 e. The van der Waals surface area contributed by atoms with Crippen LogP contribution in [0.5, 0.6) is 0 Å². The molecular weight excluding hydrogens is 282 g/mol. The fourth-order valence-electron chi connectivity index (χ4n) is 2.93. The van der Waals surface area contributed by atoms with Crippen molar-refractivity contribution < 1.29 is 4.79 Å². The molecule has 2 nitrogen and oxygen atoms in total. The van der Waals surface area contributed by atoms with Crippen LogP contribution in [0.2, 0.25) is 0 Å². The number of hydrogen-bond acceptors (Lipinski definition) is 2. The number of anilines is 1. The number of nitrogens with zero attached hydrogens (tertiary/aromatic N) is 1. The standard InChI is InChI=1S/C21H23NO/c1-21(2)14-13-19(15-20(21)23)22(18-11-7-4-8-12-18)16-17-9-5-3-6-10-17/h3-12,15H,13-14,16H2,1-2H3. The van der Waals surface area contributed by atoms with Crippen LogP contribution in [-0.2, 0) is 11.3 Å². The van der Waals surface area contributed by atoms with E-state index in [9.17, 15) is 4.79 Å². The van der Waals surface area contributed by atoms with E-state index in [-0.39, 0.29) is 11.2 Å². The Bertz CT molecular complexity index is 701. The summed E-state index contributed by atoms with van der Waals surface area (Å²) in [5, 5.41) is 0. The summed E-state index contributed by atoms with van der Waals surface area (Å²) in [6.45, 7) is 4.85. The van der Waals surface area contributed by atoms with Gasteiger partial charge >= 0.3 is 0 Å². The van der Waals surface area contributed by atoms with E-state index in [4.69, 9.17) is 0 Å². The van der Waals surface area contributed by atoms with E-state index >= 15 is 0 Å². The van der Waals surface area contributed by atoms with Gasteiger partial charge in [-0.2, -0.15) is 0 Å². The van der Waals surface area contributed by atoms with Gasteiger partial charge in [-0.1, -0.05) is 62.4 Å². The Kier molecular flexibility index (Phi) is 4.33. The summed E-state index contributed by atoms with van der Waals surface area (Å²) in [4.78, 5) is 14.7. The van der Waals surface area contributed by atoms with Crippen molar-refractivity contribution in [2.75, 3.05) is 4.90 Å². The van der Waals surface area contributed by atoms with Crippen molar-refractivity contribution in [3.63, 3.8) is 0 Å². The molecule has 2 aromatic rings. The molecule has 2 heteroatoms. The Labute approximate surface area is 138 Å². The summed E-state index contributed by atoms with van der Waals surface area (Å²) in [6, 6.07) is 20.7. The number of hydrogen-bond donors (Lipinski definition) is 0. The highest BCUT2D eigenvalue weighted by Gasteiger charge is 2.31. The van der Waals surface area contributed by atoms with Crippen molar-refractivity contribution in [3.8, 4) is 0 Å². The van der Waals surface area contributed by atoms with Crippen LogP contribution < -0.4 is 4.90 Å². The summed E-state index contributed by atoms with van der Waals surface area (Å²) in [5.41, 5.74) is 3.26. The third-order valence-electron chi connectivity index (χ3n) is 4.57. The van der Waals surface area contributed by atoms with Gasteiger partial charge in [0, 0.05) is 29.4 Å². The minimum Gasteiger partial charge on any atom is -0.341 e. The van der Waals surface area contributed by atoms with Crippen LogP contribution in [0.3, 0.4) is 0 Å². The maximum atomic E-state index is 12.4. The maximum Gasteiger partial charge on any atom is 0.163 e. The molecule has 0 aromatic heterocycles. The fourth-order valence-corrected chi connectivity index (χ4v) is 2.93. The molecule has 1 aliphatic rings. The average molecular weight is 305 g/mol. The minimum atomic E-state index is -0.237. The lowest BCUT2D eigenvalue weighted by Gasteiger charge is -2.34. The second kappa shape index (κ2) is 6.41. The Balaban J connectivity index is 1.95. The van der Waals surface area contributed by atoms with E-state index in [1.165, 1.54) is 5.56 Å². The molecule has 0 heterocycles. The molecule has 3 rings (SSSR count). The number of para-hydroxylation sites is 1. The molecule has 0 bridgehead atoms. The highest BCUT2D eigenvalue weighted by molar-refractivity contribution is 5.96. The lowest BCUT2D eigenvalue weighted by Crippen LogP contribution is -2.32. The highest BCUT2D eigenvalue weighted by atomic mass is 16.1. The predicted molar refractivity (Wildman–Crippen MR) is 95.2 cm³/mol. The van der Waals surface area contributed by atoms with Crippen molar-refractivity contribution in [2.45, 2.75) is 33.2 Å². The summed E-state index contributed by atoms with van der Waals surface area (Å²) in [7, 11) is 0.